The summed E-state index contributed by atoms with van der Waals surface area (Å²) in [6.07, 6.45) is 10.6. The molecule has 0 spiro atoms. The Morgan fingerprint density at radius 3 is 3.07 bits per heavy atom. The lowest BCUT2D eigenvalue weighted by atomic mass is 9.93. The summed E-state index contributed by atoms with van der Waals surface area (Å²) in [5.74, 6) is 0. The fourth-order valence-electron chi connectivity index (χ4n) is 1.83. The SMILES string of the molecule is CNCCCc1cnn(C2CCC2)c1. The fourth-order valence-corrected chi connectivity index (χ4v) is 1.83. The third-order valence-electron chi connectivity index (χ3n) is 3.00. The van der Waals surface area contributed by atoms with Crippen LogP contribution in [-0.4, -0.2) is 23.4 Å². The number of hydrogen-bond acceptors (Lipinski definition) is 2. The number of nitrogens with zero attached hydrogens (tertiary/aromatic N) is 2. The average molecular weight is 193 g/mol. The van der Waals surface area contributed by atoms with Crippen molar-refractivity contribution in [2.24, 2.45) is 0 Å². The van der Waals surface area contributed by atoms with E-state index in [0.717, 1.165) is 13.0 Å². The van der Waals surface area contributed by atoms with E-state index in [1.807, 2.05) is 13.2 Å². The lowest BCUT2D eigenvalue weighted by Crippen LogP contribution is -2.17. The summed E-state index contributed by atoms with van der Waals surface area (Å²) >= 11 is 0. The second-order valence-corrected chi connectivity index (χ2v) is 4.12. The first kappa shape index (κ1) is 9.71. The van der Waals surface area contributed by atoms with Gasteiger partial charge >= 0.3 is 0 Å². The summed E-state index contributed by atoms with van der Waals surface area (Å²) in [7, 11) is 2.00. The zero-order chi connectivity index (χ0) is 9.80. The molecule has 0 aromatic carbocycles. The predicted molar refractivity (Wildman–Crippen MR) is 57.4 cm³/mol. The Balaban J connectivity index is 1.83. The van der Waals surface area contributed by atoms with Crippen molar-refractivity contribution in [3.8, 4) is 0 Å². The first-order chi connectivity index (χ1) is 6.90. The molecule has 1 aliphatic rings. The molecule has 14 heavy (non-hydrogen) atoms. The van der Waals surface area contributed by atoms with Crippen LogP contribution in [0.1, 0.15) is 37.3 Å². The average Bonchev–Trinajstić information content (AvgIpc) is 2.51. The van der Waals surface area contributed by atoms with E-state index in [4.69, 9.17) is 0 Å². The van der Waals surface area contributed by atoms with E-state index < -0.39 is 0 Å². The van der Waals surface area contributed by atoms with Crippen LogP contribution < -0.4 is 5.32 Å². The van der Waals surface area contributed by atoms with Crippen molar-refractivity contribution in [2.75, 3.05) is 13.6 Å². The van der Waals surface area contributed by atoms with Crippen LogP contribution >= 0.6 is 0 Å². The molecule has 78 valence electrons. The topological polar surface area (TPSA) is 29.9 Å². The van der Waals surface area contributed by atoms with E-state index >= 15 is 0 Å². The van der Waals surface area contributed by atoms with E-state index in [1.54, 1.807) is 0 Å². The molecular formula is C11H19N3. The predicted octanol–water partition coefficient (Wildman–Crippen LogP) is 1.76. The van der Waals surface area contributed by atoms with Gasteiger partial charge in [0.25, 0.3) is 0 Å². The van der Waals surface area contributed by atoms with Crippen LogP contribution in [0, 0.1) is 0 Å². The smallest absolute Gasteiger partial charge is 0.0521 e. The standard InChI is InChI=1S/C11H19N3/c1-12-7-3-4-10-8-13-14(9-10)11-5-2-6-11/h8-9,11-12H,2-7H2,1H3. The van der Waals surface area contributed by atoms with Gasteiger partial charge in [0.1, 0.15) is 0 Å². The summed E-state index contributed by atoms with van der Waals surface area (Å²) in [5, 5.41) is 7.58. The Hall–Kier alpha value is -0.830. The minimum atomic E-state index is 0.702. The van der Waals surface area contributed by atoms with Gasteiger partial charge < -0.3 is 5.32 Å². The van der Waals surface area contributed by atoms with Gasteiger partial charge in [0.05, 0.1) is 12.2 Å². The van der Waals surface area contributed by atoms with Crippen LogP contribution in [0.15, 0.2) is 12.4 Å². The van der Waals surface area contributed by atoms with E-state index in [-0.39, 0.29) is 0 Å². The lowest BCUT2D eigenvalue weighted by molar-refractivity contribution is 0.289. The Labute approximate surface area is 85.5 Å². The monoisotopic (exact) mass is 193 g/mol. The minimum Gasteiger partial charge on any atom is -0.320 e. The highest BCUT2D eigenvalue weighted by atomic mass is 15.3. The first-order valence-electron chi connectivity index (χ1n) is 5.58. The molecule has 1 aliphatic carbocycles. The molecule has 0 unspecified atom stereocenters. The molecule has 1 saturated carbocycles. The Kier molecular flexibility index (Phi) is 3.19. The molecule has 1 heterocycles. The molecule has 1 N–H and O–H groups in total. The molecule has 0 saturated heterocycles. The van der Waals surface area contributed by atoms with Gasteiger partial charge in [-0.15, -0.1) is 0 Å². The molecule has 0 radical (unpaired) electrons. The summed E-state index contributed by atoms with van der Waals surface area (Å²) in [6, 6.07) is 0.702. The van der Waals surface area contributed by atoms with E-state index in [1.165, 1.54) is 31.2 Å². The lowest BCUT2D eigenvalue weighted by Gasteiger charge is -2.25. The Bertz CT molecular complexity index is 276. The zero-order valence-electron chi connectivity index (χ0n) is 8.87. The van der Waals surface area contributed by atoms with Crippen molar-refractivity contribution in [1.82, 2.24) is 15.1 Å². The summed E-state index contributed by atoms with van der Waals surface area (Å²) < 4.78 is 2.15. The van der Waals surface area contributed by atoms with Crippen molar-refractivity contribution in [2.45, 2.75) is 38.1 Å². The highest BCUT2D eigenvalue weighted by Gasteiger charge is 2.19. The van der Waals surface area contributed by atoms with Crippen molar-refractivity contribution >= 4 is 0 Å². The maximum atomic E-state index is 4.41. The van der Waals surface area contributed by atoms with Gasteiger partial charge in [0, 0.05) is 6.20 Å². The molecule has 3 nitrogen and oxygen atoms in total. The maximum Gasteiger partial charge on any atom is 0.0521 e. The zero-order valence-corrected chi connectivity index (χ0v) is 8.87. The van der Waals surface area contributed by atoms with Gasteiger partial charge in [-0.1, -0.05) is 0 Å². The number of rotatable bonds is 5. The molecule has 1 aromatic heterocycles. The van der Waals surface area contributed by atoms with E-state index in [9.17, 15) is 0 Å². The molecule has 0 atom stereocenters. The van der Waals surface area contributed by atoms with Crippen LogP contribution in [0.4, 0.5) is 0 Å². The normalized spacial score (nSPS) is 16.9. The summed E-state index contributed by atoms with van der Waals surface area (Å²) in [4.78, 5) is 0. The van der Waals surface area contributed by atoms with Crippen LogP contribution in [0.3, 0.4) is 0 Å². The van der Waals surface area contributed by atoms with Crippen molar-refractivity contribution < 1.29 is 0 Å². The molecule has 2 rings (SSSR count). The fraction of sp³-hybridized carbons (Fsp3) is 0.727. The van der Waals surface area contributed by atoms with E-state index in [0.29, 0.717) is 6.04 Å². The Morgan fingerprint density at radius 2 is 2.43 bits per heavy atom. The number of aryl methyl sites for hydroxylation is 1. The second kappa shape index (κ2) is 4.60. The molecule has 1 fully saturated rings. The van der Waals surface area contributed by atoms with Crippen molar-refractivity contribution in [3.05, 3.63) is 18.0 Å². The number of aromatic nitrogens is 2. The molecule has 3 heteroatoms. The number of nitrogens with one attached hydrogen (secondary N) is 1. The maximum absolute atomic E-state index is 4.41. The molecule has 0 bridgehead atoms. The molecule has 1 aromatic rings. The molecule has 0 aliphatic heterocycles. The van der Waals surface area contributed by atoms with Gasteiger partial charge in [0.2, 0.25) is 0 Å². The van der Waals surface area contributed by atoms with Gasteiger partial charge in [-0.25, -0.2) is 0 Å². The largest absolute Gasteiger partial charge is 0.320 e. The summed E-state index contributed by atoms with van der Waals surface area (Å²) in [5.41, 5.74) is 1.38. The van der Waals surface area contributed by atoms with Gasteiger partial charge in [-0.05, 0) is 51.3 Å². The van der Waals surface area contributed by atoms with Crippen molar-refractivity contribution in [1.29, 1.82) is 0 Å². The van der Waals surface area contributed by atoms with E-state index in [2.05, 4.69) is 21.3 Å². The summed E-state index contributed by atoms with van der Waals surface area (Å²) in [6.45, 7) is 1.09. The van der Waals surface area contributed by atoms with Crippen molar-refractivity contribution in [3.63, 3.8) is 0 Å². The van der Waals surface area contributed by atoms with Crippen LogP contribution in [0.2, 0.25) is 0 Å². The Morgan fingerprint density at radius 1 is 1.57 bits per heavy atom. The van der Waals surface area contributed by atoms with Gasteiger partial charge in [0.15, 0.2) is 0 Å². The second-order valence-electron chi connectivity index (χ2n) is 4.12. The van der Waals surface area contributed by atoms with Gasteiger partial charge in [-0.3, -0.25) is 4.68 Å². The third kappa shape index (κ3) is 2.15. The minimum absolute atomic E-state index is 0.702. The molecular weight excluding hydrogens is 174 g/mol. The molecule has 0 amide bonds. The van der Waals surface area contributed by atoms with Gasteiger partial charge in [-0.2, -0.15) is 5.10 Å². The van der Waals surface area contributed by atoms with Crippen LogP contribution in [0.5, 0.6) is 0 Å². The van der Waals surface area contributed by atoms with Crippen LogP contribution in [0.25, 0.3) is 0 Å². The highest BCUT2D eigenvalue weighted by molar-refractivity contribution is 5.05. The van der Waals surface area contributed by atoms with Crippen LogP contribution in [-0.2, 0) is 6.42 Å². The number of hydrogen-bond donors (Lipinski definition) is 1. The third-order valence-corrected chi connectivity index (χ3v) is 3.00. The highest BCUT2D eigenvalue weighted by Crippen LogP contribution is 2.30. The first-order valence-corrected chi connectivity index (χ1v) is 5.58. The quantitative estimate of drug-likeness (QED) is 0.722.